The van der Waals surface area contributed by atoms with Crippen molar-refractivity contribution in [2.45, 2.75) is 26.1 Å². The second kappa shape index (κ2) is 8.51. The summed E-state index contributed by atoms with van der Waals surface area (Å²) in [5.41, 5.74) is 1.04. The third kappa shape index (κ3) is 4.75. The van der Waals surface area contributed by atoms with Crippen LogP contribution in [0.15, 0.2) is 18.2 Å². The van der Waals surface area contributed by atoms with Gasteiger partial charge in [-0.15, -0.1) is 0 Å². The third-order valence-corrected chi connectivity index (χ3v) is 4.32. The molecule has 1 heterocycles. The Morgan fingerprint density at radius 1 is 1.21 bits per heavy atom. The van der Waals surface area contributed by atoms with E-state index < -0.39 is 24.7 Å². The second-order valence-corrected chi connectivity index (χ2v) is 6.18. The lowest BCUT2D eigenvalue weighted by atomic mass is 10.0. The van der Waals surface area contributed by atoms with E-state index in [1.165, 1.54) is 31.9 Å². The van der Waals surface area contributed by atoms with Crippen molar-refractivity contribution < 1.29 is 27.4 Å². The number of aryl methyl sites for hydroxylation is 2. The van der Waals surface area contributed by atoms with Crippen LogP contribution in [0.25, 0.3) is 0 Å². The number of ether oxygens (including phenoxy) is 2. The summed E-state index contributed by atoms with van der Waals surface area (Å²) < 4.78 is 52.3. The van der Waals surface area contributed by atoms with Crippen molar-refractivity contribution in [2.24, 2.45) is 7.05 Å². The van der Waals surface area contributed by atoms with Crippen molar-refractivity contribution in [3.63, 3.8) is 0 Å². The molecule has 2 N–H and O–H groups in total. The van der Waals surface area contributed by atoms with Crippen LogP contribution in [0.2, 0.25) is 0 Å². The lowest BCUT2D eigenvalue weighted by Crippen LogP contribution is -2.39. The molecule has 28 heavy (non-hydrogen) atoms. The molecule has 0 aliphatic heterocycles. The van der Waals surface area contributed by atoms with E-state index in [-0.39, 0.29) is 11.3 Å². The van der Waals surface area contributed by atoms with Crippen LogP contribution in [0.1, 0.15) is 23.0 Å². The zero-order valence-corrected chi connectivity index (χ0v) is 16.3. The van der Waals surface area contributed by atoms with Crippen LogP contribution in [-0.2, 0) is 11.8 Å². The SMILES string of the molecule is COc1ccc(NC(=O)CN[C@@H](c2c(C)nn(C)c2C)C(F)(F)F)cc1OC. The Hall–Kier alpha value is -2.75. The molecule has 2 aromatic rings. The molecule has 1 atom stereocenters. The molecule has 0 radical (unpaired) electrons. The minimum atomic E-state index is -4.58. The maximum absolute atomic E-state index is 13.6. The van der Waals surface area contributed by atoms with E-state index in [0.29, 0.717) is 22.9 Å². The van der Waals surface area contributed by atoms with Crippen LogP contribution in [0.5, 0.6) is 11.5 Å². The predicted molar refractivity (Wildman–Crippen MR) is 97.7 cm³/mol. The van der Waals surface area contributed by atoms with Gasteiger partial charge in [0.1, 0.15) is 6.04 Å². The van der Waals surface area contributed by atoms with Crippen LogP contribution >= 0.6 is 0 Å². The highest BCUT2D eigenvalue weighted by Gasteiger charge is 2.43. The van der Waals surface area contributed by atoms with Gasteiger partial charge in [-0.1, -0.05) is 0 Å². The molecule has 1 aromatic heterocycles. The van der Waals surface area contributed by atoms with Crippen LogP contribution < -0.4 is 20.1 Å². The molecule has 0 spiro atoms. The molecule has 7 nitrogen and oxygen atoms in total. The molecule has 0 saturated carbocycles. The fourth-order valence-electron chi connectivity index (χ4n) is 2.90. The number of amides is 1. The fraction of sp³-hybridized carbons (Fsp3) is 0.444. The van der Waals surface area contributed by atoms with E-state index in [1.807, 2.05) is 0 Å². The smallest absolute Gasteiger partial charge is 0.408 e. The molecule has 0 fully saturated rings. The van der Waals surface area contributed by atoms with E-state index in [2.05, 4.69) is 15.7 Å². The Kier molecular flexibility index (Phi) is 6.55. The van der Waals surface area contributed by atoms with E-state index in [4.69, 9.17) is 9.47 Å². The van der Waals surface area contributed by atoms with Crippen molar-refractivity contribution in [3.05, 3.63) is 35.2 Å². The topological polar surface area (TPSA) is 77.4 Å². The van der Waals surface area contributed by atoms with Crippen molar-refractivity contribution in [2.75, 3.05) is 26.1 Å². The van der Waals surface area contributed by atoms with Gasteiger partial charge in [0.15, 0.2) is 11.5 Å². The molecule has 0 aliphatic carbocycles. The molecule has 2 rings (SSSR count). The van der Waals surface area contributed by atoms with Gasteiger partial charge in [-0.25, -0.2) is 0 Å². The number of carbonyl (C=O) groups excluding carboxylic acids is 1. The van der Waals surface area contributed by atoms with Crippen molar-refractivity contribution in [1.82, 2.24) is 15.1 Å². The number of aromatic nitrogens is 2. The van der Waals surface area contributed by atoms with Gasteiger partial charge in [-0.2, -0.15) is 18.3 Å². The second-order valence-electron chi connectivity index (χ2n) is 6.18. The standard InChI is InChI=1S/C18H23F3N4O3/c1-10-16(11(2)25(3)24-10)17(18(19,20)21)22-9-15(26)23-12-6-7-13(27-4)14(8-12)28-5/h6-8,17,22H,9H2,1-5H3,(H,23,26)/t17-/m0/s1. The lowest BCUT2D eigenvalue weighted by Gasteiger charge is -2.22. The number of nitrogens with zero attached hydrogens (tertiary/aromatic N) is 2. The van der Waals surface area contributed by atoms with Gasteiger partial charge in [0, 0.05) is 30.1 Å². The summed E-state index contributed by atoms with van der Waals surface area (Å²) in [6, 6.07) is 2.67. The number of hydrogen-bond donors (Lipinski definition) is 2. The van der Waals surface area contributed by atoms with Crippen LogP contribution in [0, 0.1) is 13.8 Å². The maximum atomic E-state index is 13.6. The first-order valence-electron chi connectivity index (χ1n) is 8.40. The van der Waals surface area contributed by atoms with Crippen molar-refractivity contribution in [3.8, 4) is 11.5 Å². The average molecular weight is 400 g/mol. The number of rotatable bonds is 7. The molecule has 154 valence electrons. The number of benzene rings is 1. The number of hydrogen-bond acceptors (Lipinski definition) is 5. The number of anilines is 1. The molecular weight excluding hydrogens is 377 g/mol. The normalized spacial score (nSPS) is 12.6. The Balaban J connectivity index is 2.12. The summed E-state index contributed by atoms with van der Waals surface area (Å²) in [6.45, 7) is 2.53. The molecular formula is C18H23F3N4O3. The van der Waals surface area contributed by atoms with Gasteiger partial charge in [0.25, 0.3) is 0 Å². The summed E-state index contributed by atoms with van der Waals surface area (Å²) in [4.78, 5) is 12.2. The monoisotopic (exact) mass is 400 g/mol. The van der Waals surface area contributed by atoms with Gasteiger partial charge in [-0.3, -0.25) is 14.8 Å². The fourth-order valence-corrected chi connectivity index (χ4v) is 2.90. The Bertz CT molecular complexity index is 849. The average Bonchev–Trinajstić information content (AvgIpc) is 2.86. The maximum Gasteiger partial charge on any atom is 0.408 e. The van der Waals surface area contributed by atoms with Gasteiger partial charge < -0.3 is 14.8 Å². The first kappa shape index (κ1) is 21.5. The molecule has 1 amide bonds. The molecule has 1 aromatic carbocycles. The van der Waals surface area contributed by atoms with Gasteiger partial charge >= 0.3 is 6.18 Å². The summed E-state index contributed by atoms with van der Waals surface area (Å²) in [6.07, 6.45) is -4.58. The Morgan fingerprint density at radius 3 is 2.36 bits per heavy atom. The highest BCUT2D eigenvalue weighted by atomic mass is 19.4. The largest absolute Gasteiger partial charge is 0.493 e. The summed E-state index contributed by atoms with van der Waals surface area (Å²) in [5, 5.41) is 8.86. The summed E-state index contributed by atoms with van der Waals surface area (Å²) >= 11 is 0. The number of nitrogens with one attached hydrogen (secondary N) is 2. The Morgan fingerprint density at radius 2 is 1.86 bits per heavy atom. The van der Waals surface area contributed by atoms with E-state index in [0.717, 1.165) is 0 Å². The quantitative estimate of drug-likeness (QED) is 0.747. The first-order chi connectivity index (χ1) is 13.1. The van der Waals surface area contributed by atoms with Crippen LogP contribution in [0.4, 0.5) is 18.9 Å². The third-order valence-electron chi connectivity index (χ3n) is 4.32. The molecule has 0 aliphatic rings. The van der Waals surface area contributed by atoms with Crippen LogP contribution in [0.3, 0.4) is 0 Å². The highest BCUT2D eigenvalue weighted by molar-refractivity contribution is 5.92. The lowest BCUT2D eigenvalue weighted by molar-refractivity contribution is -0.158. The Labute approximate surface area is 160 Å². The number of alkyl halides is 3. The van der Waals surface area contributed by atoms with Crippen molar-refractivity contribution in [1.29, 1.82) is 0 Å². The van der Waals surface area contributed by atoms with E-state index in [9.17, 15) is 18.0 Å². The summed E-state index contributed by atoms with van der Waals surface area (Å²) in [5.74, 6) is 0.238. The molecule has 10 heteroatoms. The number of methoxy groups -OCH3 is 2. The molecule has 0 bridgehead atoms. The van der Waals surface area contributed by atoms with Gasteiger partial charge in [0.2, 0.25) is 5.91 Å². The molecule has 0 unspecified atom stereocenters. The number of carbonyl (C=O) groups is 1. The first-order valence-corrected chi connectivity index (χ1v) is 8.40. The van der Waals surface area contributed by atoms with Crippen molar-refractivity contribution >= 4 is 11.6 Å². The zero-order chi connectivity index (χ0) is 21.1. The van der Waals surface area contributed by atoms with E-state index >= 15 is 0 Å². The minimum Gasteiger partial charge on any atom is -0.493 e. The van der Waals surface area contributed by atoms with Crippen LogP contribution in [-0.4, -0.2) is 42.6 Å². The highest BCUT2D eigenvalue weighted by Crippen LogP contribution is 2.35. The predicted octanol–water partition coefficient (Wildman–Crippen LogP) is 2.89. The zero-order valence-electron chi connectivity index (χ0n) is 16.3. The van der Waals surface area contributed by atoms with Gasteiger partial charge in [-0.05, 0) is 26.0 Å². The summed E-state index contributed by atoms with van der Waals surface area (Å²) in [7, 11) is 4.49. The minimum absolute atomic E-state index is 0.0221. The van der Waals surface area contributed by atoms with E-state index in [1.54, 1.807) is 26.1 Å². The van der Waals surface area contributed by atoms with Gasteiger partial charge in [0.05, 0.1) is 26.5 Å². The molecule has 0 saturated heterocycles. The number of halogens is 3.